The van der Waals surface area contributed by atoms with Crippen molar-refractivity contribution in [3.63, 3.8) is 0 Å². The number of carbonyl (C=O) groups excluding carboxylic acids is 1. The van der Waals surface area contributed by atoms with Crippen LogP contribution in [0, 0.1) is 15.9 Å². The summed E-state index contributed by atoms with van der Waals surface area (Å²) in [5, 5.41) is 13.1. The Balaban J connectivity index is 2.11. The number of carbonyl (C=O) groups is 1. The Hall–Kier alpha value is -2.70. The second-order valence-electron chi connectivity index (χ2n) is 3.74. The van der Waals surface area contributed by atoms with E-state index in [2.05, 4.69) is 5.32 Å². The minimum absolute atomic E-state index is 0.0246. The van der Waals surface area contributed by atoms with Crippen LogP contribution in [0.15, 0.2) is 41.2 Å². The van der Waals surface area contributed by atoms with Gasteiger partial charge in [-0.3, -0.25) is 14.9 Å². The molecule has 0 spiro atoms. The molecule has 1 aromatic carbocycles. The van der Waals surface area contributed by atoms with Crippen molar-refractivity contribution in [2.24, 2.45) is 0 Å². The molecular weight excluding hydrogens is 255 g/mol. The van der Waals surface area contributed by atoms with E-state index >= 15 is 0 Å². The van der Waals surface area contributed by atoms with E-state index in [0.29, 0.717) is 0 Å². The van der Waals surface area contributed by atoms with Crippen LogP contribution in [0.25, 0.3) is 0 Å². The lowest BCUT2D eigenvalue weighted by Crippen LogP contribution is -2.22. The van der Waals surface area contributed by atoms with Gasteiger partial charge < -0.3 is 9.73 Å². The average Bonchev–Trinajstić information content (AvgIpc) is 2.89. The lowest BCUT2D eigenvalue weighted by molar-refractivity contribution is -0.387. The van der Waals surface area contributed by atoms with Gasteiger partial charge in [0.2, 0.25) is 5.82 Å². The smallest absolute Gasteiger partial charge is 0.305 e. The monoisotopic (exact) mass is 264 g/mol. The van der Waals surface area contributed by atoms with Gasteiger partial charge in [0, 0.05) is 23.7 Å². The van der Waals surface area contributed by atoms with Gasteiger partial charge in [-0.05, 0) is 18.2 Å². The fourth-order valence-corrected chi connectivity index (χ4v) is 1.47. The molecule has 0 saturated carbocycles. The summed E-state index contributed by atoms with van der Waals surface area (Å²) in [6.45, 7) is 0.223. The molecule has 1 heterocycles. The van der Waals surface area contributed by atoms with E-state index in [4.69, 9.17) is 4.42 Å². The van der Waals surface area contributed by atoms with Crippen molar-refractivity contribution in [2.45, 2.75) is 6.54 Å². The quantitative estimate of drug-likeness (QED) is 0.678. The van der Waals surface area contributed by atoms with Crippen molar-refractivity contribution < 1.29 is 18.5 Å². The van der Waals surface area contributed by atoms with Crippen LogP contribution in [0.5, 0.6) is 0 Å². The Bertz CT molecular complexity index is 610. The van der Waals surface area contributed by atoms with Crippen molar-refractivity contribution in [3.05, 3.63) is 63.9 Å². The topological polar surface area (TPSA) is 85.4 Å². The molecule has 2 rings (SSSR count). The first-order valence-electron chi connectivity index (χ1n) is 5.31. The minimum Gasteiger partial charge on any atom is -0.472 e. The van der Waals surface area contributed by atoms with Crippen LogP contribution in [-0.4, -0.2) is 10.8 Å². The molecule has 1 aromatic heterocycles. The first kappa shape index (κ1) is 12.7. The Morgan fingerprint density at radius 1 is 1.42 bits per heavy atom. The molecule has 1 amide bonds. The van der Waals surface area contributed by atoms with Gasteiger partial charge in [-0.15, -0.1) is 0 Å². The van der Waals surface area contributed by atoms with E-state index in [9.17, 15) is 19.3 Å². The molecule has 0 aliphatic heterocycles. The highest BCUT2D eigenvalue weighted by Crippen LogP contribution is 2.18. The first-order chi connectivity index (χ1) is 9.08. The zero-order chi connectivity index (χ0) is 13.8. The fraction of sp³-hybridized carbons (Fsp3) is 0.0833. The Morgan fingerprint density at radius 3 is 2.84 bits per heavy atom. The van der Waals surface area contributed by atoms with Gasteiger partial charge in [-0.25, -0.2) is 0 Å². The maximum absolute atomic E-state index is 13.1. The zero-order valence-corrected chi connectivity index (χ0v) is 9.63. The summed E-state index contributed by atoms with van der Waals surface area (Å²) < 4.78 is 17.9. The molecule has 0 aliphatic rings. The number of halogens is 1. The van der Waals surface area contributed by atoms with Gasteiger partial charge in [-0.1, -0.05) is 0 Å². The SMILES string of the molecule is O=C(NCc1ccoc1)c1ccc(F)c([N+](=O)[O-])c1. The third-order valence-electron chi connectivity index (χ3n) is 2.44. The van der Waals surface area contributed by atoms with Crippen LogP contribution in [0.2, 0.25) is 0 Å². The number of benzene rings is 1. The second-order valence-corrected chi connectivity index (χ2v) is 3.74. The lowest BCUT2D eigenvalue weighted by atomic mass is 10.2. The highest BCUT2D eigenvalue weighted by atomic mass is 19.1. The van der Waals surface area contributed by atoms with Crippen LogP contribution in [0.4, 0.5) is 10.1 Å². The van der Waals surface area contributed by atoms with Gasteiger partial charge >= 0.3 is 5.69 Å². The first-order valence-corrected chi connectivity index (χ1v) is 5.31. The van der Waals surface area contributed by atoms with E-state index in [1.54, 1.807) is 6.07 Å². The summed E-state index contributed by atoms with van der Waals surface area (Å²) in [5.41, 5.74) is 0.0533. The standard InChI is InChI=1S/C12H9FN2O4/c13-10-2-1-9(5-11(10)15(17)18)12(16)14-6-8-3-4-19-7-8/h1-5,7H,6H2,(H,14,16). The average molecular weight is 264 g/mol. The molecule has 6 nitrogen and oxygen atoms in total. The van der Waals surface area contributed by atoms with E-state index in [0.717, 1.165) is 17.7 Å². The molecule has 0 fully saturated rings. The third kappa shape index (κ3) is 2.95. The highest BCUT2D eigenvalue weighted by molar-refractivity contribution is 5.94. The van der Waals surface area contributed by atoms with Gasteiger partial charge in [0.25, 0.3) is 5.91 Å². The number of nitro benzene ring substituents is 1. The Labute approximate surface area is 107 Å². The molecule has 0 radical (unpaired) electrons. The number of nitrogens with zero attached hydrogens (tertiary/aromatic N) is 1. The summed E-state index contributed by atoms with van der Waals surface area (Å²) in [7, 11) is 0. The largest absolute Gasteiger partial charge is 0.472 e. The maximum Gasteiger partial charge on any atom is 0.305 e. The lowest BCUT2D eigenvalue weighted by Gasteiger charge is -2.03. The number of nitrogens with one attached hydrogen (secondary N) is 1. The minimum atomic E-state index is -0.976. The predicted molar refractivity (Wildman–Crippen MR) is 62.9 cm³/mol. The number of rotatable bonds is 4. The van der Waals surface area contributed by atoms with Gasteiger partial charge in [0.15, 0.2) is 0 Å². The molecule has 0 atom stereocenters. The predicted octanol–water partition coefficient (Wildman–Crippen LogP) is 2.26. The van der Waals surface area contributed by atoms with E-state index in [1.165, 1.54) is 18.6 Å². The van der Waals surface area contributed by atoms with Crippen molar-refractivity contribution in [1.29, 1.82) is 0 Å². The highest BCUT2D eigenvalue weighted by Gasteiger charge is 2.17. The number of hydrogen-bond acceptors (Lipinski definition) is 4. The molecule has 7 heteroatoms. The van der Waals surface area contributed by atoms with Gasteiger partial charge in [-0.2, -0.15) is 4.39 Å². The molecule has 0 aliphatic carbocycles. The maximum atomic E-state index is 13.1. The number of furan rings is 1. The van der Waals surface area contributed by atoms with Crippen molar-refractivity contribution >= 4 is 11.6 Å². The molecule has 0 bridgehead atoms. The molecule has 2 aromatic rings. The molecule has 98 valence electrons. The van der Waals surface area contributed by atoms with Crippen LogP contribution >= 0.6 is 0 Å². The van der Waals surface area contributed by atoms with Crippen LogP contribution in [-0.2, 0) is 6.54 Å². The summed E-state index contributed by atoms with van der Waals surface area (Å²) in [6, 6.07) is 4.66. The summed E-state index contributed by atoms with van der Waals surface area (Å²) in [6.07, 6.45) is 2.93. The Morgan fingerprint density at radius 2 is 2.21 bits per heavy atom. The fourth-order valence-electron chi connectivity index (χ4n) is 1.47. The molecule has 19 heavy (non-hydrogen) atoms. The number of nitro groups is 1. The second kappa shape index (κ2) is 5.30. The van der Waals surface area contributed by atoms with E-state index in [1.807, 2.05) is 0 Å². The number of hydrogen-bond donors (Lipinski definition) is 1. The normalized spacial score (nSPS) is 10.2. The molecule has 0 saturated heterocycles. The van der Waals surface area contributed by atoms with Gasteiger partial charge in [0.1, 0.15) is 0 Å². The Kier molecular flexibility index (Phi) is 3.56. The zero-order valence-electron chi connectivity index (χ0n) is 9.63. The molecule has 0 unspecified atom stereocenters. The third-order valence-corrected chi connectivity index (χ3v) is 2.44. The summed E-state index contributed by atoms with van der Waals surface area (Å²) >= 11 is 0. The van der Waals surface area contributed by atoms with E-state index in [-0.39, 0.29) is 12.1 Å². The van der Waals surface area contributed by atoms with Crippen molar-refractivity contribution in [3.8, 4) is 0 Å². The van der Waals surface area contributed by atoms with Crippen LogP contribution < -0.4 is 5.32 Å². The van der Waals surface area contributed by atoms with Gasteiger partial charge in [0.05, 0.1) is 17.4 Å². The van der Waals surface area contributed by atoms with Crippen LogP contribution in [0.1, 0.15) is 15.9 Å². The number of amides is 1. The van der Waals surface area contributed by atoms with Crippen molar-refractivity contribution in [2.75, 3.05) is 0 Å². The van der Waals surface area contributed by atoms with E-state index < -0.39 is 22.3 Å². The molecule has 1 N–H and O–H groups in total. The molecular formula is C12H9FN2O4. The summed E-state index contributed by atoms with van der Waals surface area (Å²) in [4.78, 5) is 21.4. The van der Waals surface area contributed by atoms with Crippen LogP contribution in [0.3, 0.4) is 0 Å². The van der Waals surface area contributed by atoms with Crippen molar-refractivity contribution in [1.82, 2.24) is 5.32 Å². The summed E-state index contributed by atoms with van der Waals surface area (Å²) in [5.74, 6) is -1.50.